The number of nitrogens with one attached hydrogen (secondary N) is 1. The maximum atomic E-state index is 6.08. The monoisotopic (exact) mass is 305 g/mol. The topological polar surface area (TPSA) is 41.3 Å². The molecule has 0 amide bonds. The summed E-state index contributed by atoms with van der Waals surface area (Å²) in [4.78, 5) is 2.18. The molecule has 0 rings (SSSR count). The fourth-order valence-electron chi connectivity index (χ4n) is 2.27. The summed E-state index contributed by atoms with van der Waals surface area (Å²) >= 11 is 0. The van der Waals surface area contributed by atoms with Crippen LogP contribution in [0.5, 0.6) is 0 Å². The molecule has 3 N–H and O–H groups in total. The number of likely N-dealkylation sites (N-methyl/N-ethyl adjacent to an activating group) is 2. The number of rotatable bonds is 10. The molecule has 0 aromatic carbocycles. The van der Waals surface area contributed by atoms with Crippen LogP contribution in [0.2, 0.25) is 0 Å². The van der Waals surface area contributed by atoms with Crippen LogP contribution in [0.4, 0.5) is 0 Å². The minimum Gasteiger partial charge on any atom is -0.399 e. The van der Waals surface area contributed by atoms with Gasteiger partial charge in [0.2, 0.25) is 0 Å². The Hall–Kier alpha value is -1.64. The number of hydrogen-bond donors (Lipinski definition) is 2. The second-order valence-corrected chi connectivity index (χ2v) is 6.30. The fourth-order valence-corrected chi connectivity index (χ4v) is 2.27. The van der Waals surface area contributed by atoms with Crippen LogP contribution in [0.3, 0.4) is 0 Å². The third-order valence-corrected chi connectivity index (χ3v) is 3.84. The van der Waals surface area contributed by atoms with Crippen molar-refractivity contribution in [2.75, 3.05) is 14.1 Å². The lowest BCUT2D eigenvalue weighted by molar-refractivity contribution is 0.319. The smallest absolute Gasteiger partial charge is 0.0678 e. The second kappa shape index (κ2) is 10.1. The van der Waals surface area contributed by atoms with Crippen molar-refractivity contribution in [2.45, 2.75) is 53.0 Å². The molecule has 0 aliphatic carbocycles. The maximum absolute atomic E-state index is 6.08. The van der Waals surface area contributed by atoms with Crippen LogP contribution in [0, 0.1) is 5.92 Å². The molecule has 0 spiro atoms. The molecule has 0 aliphatic rings. The van der Waals surface area contributed by atoms with Gasteiger partial charge in [-0.3, -0.25) is 0 Å². The van der Waals surface area contributed by atoms with Crippen molar-refractivity contribution in [1.82, 2.24) is 10.2 Å². The van der Waals surface area contributed by atoms with Crippen molar-refractivity contribution < 1.29 is 0 Å². The first-order valence-corrected chi connectivity index (χ1v) is 8.17. The van der Waals surface area contributed by atoms with Gasteiger partial charge in [0.25, 0.3) is 0 Å². The largest absolute Gasteiger partial charge is 0.399 e. The molecule has 0 bridgehead atoms. The Balaban J connectivity index is 5.04. The van der Waals surface area contributed by atoms with Crippen molar-refractivity contribution in [3.8, 4) is 0 Å². The molecule has 0 fully saturated rings. The molecular formula is C19H35N3. The first-order chi connectivity index (χ1) is 10.2. The molecule has 0 heterocycles. The van der Waals surface area contributed by atoms with E-state index in [4.69, 9.17) is 5.73 Å². The summed E-state index contributed by atoms with van der Waals surface area (Å²) in [5, 5.41) is 3.17. The minimum atomic E-state index is 0.242. The van der Waals surface area contributed by atoms with Crippen molar-refractivity contribution in [1.29, 1.82) is 0 Å². The third-order valence-electron chi connectivity index (χ3n) is 3.84. The van der Waals surface area contributed by atoms with Crippen LogP contribution in [-0.4, -0.2) is 25.0 Å². The van der Waals surface area contributed by atoms with Gasteiger partial charge in [-0.05, 0) is 37.3 Å². The highest BCUT2D eigenvalue weighted by molar-refractivity contribution is 5.33. The van der Waals surface area contributed by atoms with E-state index in [0.717, 1.165) is 41.9 Å². The molecule has 0 aromatic rings. The fraction of sp³-hybridized carbons (Fsp3) is 0.579. The molecule has 0 saturated heterocycles. The Morgan fingerprint density at radius 1 is 1.32 bits per heavy atom. The summed E-state index contributed by atoms with van der Waals surface area (Å²) in [5.41, 5.74) is 9.97. The Kier molecular flexibility index (Phi) is 9.39. The van der Waals surface area contributed by atoms with Gasteiger partial charge in [0.1, 0.15) is 0 Å². The van der Waals surface area contributed by atoms with E-state index in [1.807, 2.05) is 13.1 Å². The van der Waals surface area contributed by atoms with E-state index in [9.17, 15) is 0 Å². The van der Waals surface area contributed by atoms with Crippen molar-refractivity contribution >= 4 is 0 Å². The first kappa shape index (κ1) is 20.4. The zero-order valence-corrected chi connectivity index (χ0v) is 15.4. The predicted octanol–water partition coefficient (Wildman–Crippen LogP) is 4.17. The van der Waals surface area contributed by atoms with Gasteiger partial charge in [0, 0.05) is 31.2 Å². The van der Waals surface area contributed by atoms with E-state index < -0.39 is 0 Å². The van der Waals surface area contributed by atoms with Crippen molar-refractivity contribution in [3.63, 3.8) is 0 Å². The lowest BCUT2D eigenvalue weighted by Gasteiger charge is -2.33. The number of nitrogens with zero attached hydrogens (tertiary/aromatic N) is 1. The molecule has 3 nitrogen and oxygen atoms in total. The molecule has 22 heavy (non-hydrogen) atoms. The third kappa shape index (κ3) is 6.88. The van der Waals surface area contributed by atoms with Gasteiger partial charge in [-0.15, -0.1) is 0 Å². The molecule has 0 radical (unpaired) electrons. The highest BCUT2D eigenvalue weighted by Crippen LogP contribution is 2.21. The molecule has 0 aromatic heterocycles. The van der Waals surface area contributed by atoms with Crippen LogP contribution in [0.15, 0.2) is 48.0 Å². The highest BCUT2D eigenvalue weighted by Gasteiger charge is 2.18. The molecule has 0 saturated carbocycles. The summed E-state index contributed by atoms with van der Waals surface area (Å²) < 4.78 is 0. The predicted molar refractivity (Wildman–Crippen MR) is 99.3 cm³/mol. The standard InChI is InChI=1S/C19H35N3/c1-9-10-19(16(5)21-7)22(8)17(6)15(4)13-18(20)12-11-14(2)3/h12-14,19,21H,5-6,9-11,20H2,1-4,7-8H3/b15-13+,18-12+. The molecule has 1 atom stereocenters. The maximum Gasteiger partial charge on any atom is 0.0678 e. The van der Waals surface area contributed by atoms with E-state index in [0.29, 0.717) is 5.92 Å². The first-order valence-electron chi connectivity index (χ1n) is 8.17. The Morgan fingerprint density at radius 2 is 1.91 bits per heavy atom. The SMILES string of the molecule is C=C(NC)C(CCC)N(C)C(=C)/C(C)=C/C(N)=C\CC(C)C. The van der Waals surface area contributed by atoms with E-state index in [-0.39, 0.29) is 6.04 Å². The van der Waals surface area contributed by atoms with E-state index in [1.54, 1.807) is 0 Å². The zero-order chi connectivity index (χ0) is 17.3. The van der Waals surface area contributed by atoms with Crippen LogP contribution in [0.1, 0.15) is 47.0 Å². The summed E-state index contributed by atoms with van der Waals surface area (Å²) in [7, 11) is 3.98. The molecule has 0 aliphatic heterocycles. The number of hydrogen-bond acceptors (Lipinski definition) is 3. The van der Waals surface area contributed by atoms with Crippen molar-refractivity contribution in [3.05, 3.63) is 48.0 Å². The molecule has 1 unspecified atom stereocenters. The molecular weight excluding hydrogens is 270 g/mol. The van der Waals surface area contributed by atoms with Gasteiger partial charge in [-0.2, -0.15) is 0 Å². The average molecular weight is 306 g/mol. The van der Waals surface area contributed by atoms with Crippen molar-refractivity contribution in [2.24, 2.45) is 11.7 Å². The van der Waals surface area contributed by atoms with E-state index in [2.05, 4.69) is 64.2 Å². The summed E-state index contributed by atoms with van der Waals surface area (Å²) in [6.07, 6.45) is 7.22. The van der Waals surface area contributed by atoms with Gasteiger partial charge >= 0.3 is 0 Å². The van der Waals surface area contributed by atoms with Crippen LogP contribution in [0.25, 0.3) is 0 Å². The van der Waals surface area contributed by atoms with Crippen LogP contribution < -0.4 is 11.1 Å². The lowest BCUT2D eigenvalue weighted by atomic mass is 10.0. The Labute approximate surface area is 137 Å². The van der Waals surface area contributed by atoms with Gasteiger partial charge in [0.05, 0.1) is 6.04 Å². The summed E-state index contributed by atoms with van der Waals surface area (Å²) in [6, 6.07) is 0.242. The summed E-state index contributed by atoms with van der Waals surface area (Å²) in [5.74, 6) is 0.617. The van der Waals surface area contributed by atoms with E-state index in [1.165, 1.54) is 0 Å². The van der Waals surface area contributed by atoms with Crippen LogP contribution >= 0.6 is 0 Å². The zero-order valence-electron chi connectivity index (χ0n) is 15.4. The van der Waals surface area contributed by atoms with Gasteiger partial charge in [-0.1, -0.05) is 46.4 Å². The Morgan fingerprint density at radius 3 is 2.36 bits per heavy atom. The molecule has 3 heteroatoms. The minimum absolute atomic E-state index is 0.242. The van der Waals surface area contributed by atoms with Gasteiger partial charge < -0.3 is 16.0 Å². The van der Waals surface area contributed by atoms with Gasteiger partial charge in [0.15, 0.2) is 0 Å². The second-order valence-electron chi connectivity index (χ2n) is 6.30. The quantitative estimate of drug-likeness (QED) is 0.595. The number of allylic oxidation sites excluding steroid dienone is 3. The lowest BCUT2D eigenvalue weighted by Crippen LogP contribution is -2.36. The summed E-state index contributed by atoms with van der Waals surface area (Å²) in [6.45, 7) is 17.0. The number of nitrogens with two attached hydrogens (primary N) is 1. The average Bonchev–Trinajstić information content (AvgIpc) is 2.48. The Bertz CT molecular complexity index is 430. The van der Waals surface area contributed by atoms with E-state index >= 15 is 0 Å². The highest BCUT2D eigenvalue weighted by atomic mass is 15.2. The van der Waals surface area contributed by atoms with Crippen LogP contribution in [-0.2, 0) is 0 Å². The normalized spacial score (nSPS) is 14.0. The molecule has 126 valence electrons. The van der Waals surface area contributed by atoms with Gasteiger partial charge in [-0.25, -0.2) is 0 Å².